The van der Waals surface area contributed by atoms with Crippen LogP contribution >= 0.6 is 0 Å². The third kappa shape index (κ3) is 4.28. The zero-order chi connectivity index (χ0) is 17.6. The molecule has 1 aliphatic heterocycles. The van der Waals surface area contributed by atoms with Gasteiger partial charge in [0.15, 0.2) is 0 Å². The first-order valence-corrected chi connectivity index (χ1v) is 9.05. The van der Waals surface area contributed by atoms with E-state index in [2.05, 4.69) is 20.9 Å². The molecule has 3 rings (SSSR count). The van der Waals surface area contributed by atoms with Crippen LogP contribution in [0.2, 0.25) is 0 Å². The maximum atomic E-state index is 13.8. The number of likely N-dealkylation sites (tertiary alicyclic amines) is 1. The maximum Gasteiger partial charge on any atom is 0.254 e. The molecule has 5 heteroatoms. The number of nitrogens with one attached hydrogen (secondary N) is 1. The summed E-state index contributed by atoms with van der Waals surface area (Å²) in [7, 11) is 2.03. The summed E-state index contributed by atoms with van der Waals surface area (Å²) >= 11 is 0. The van der Waals surface area contributed by atoms with Crippen molar-refractivity contribution in [3.8, 4) is 0 Å². The van der Waals surface area contributed by atoms with Gasteiger partial charge in [-0.1, -0.05) is 25.0 Å². The Hall–Kier alpha value is -2.14. The molecule has 1 saturated heterocycles. The lowest BCUT2D eigenvalue weighted by atomic mass is 10.1. The molecule has 0 bridgehead atoms. The van der Waals surface area contributed by atoms with Crippen molar-refractivity contribution in [3.63, 3.8) is 0 Å². The Morgan fingerprint density at radius 2 is 1.84 bits per heavy atom. The SMILES string of the molecule is Cn1cccc1C(CNC(=O)c1ccccc1F)N1CCCCCC1. The average Bonchev–Trinajstić information content (AvgIpc) is 2.86. The van der Waals surface area contributed by atoms with E-state index in [1.807, 2.05) is 19.3 Å². The van der Waals surface area contributed by atoms with Crippen molar-refractivity contribution in [2.75, 3.05) is 19.6 Å². The van der Waals surface area contributed by atoms with E-state index in [0.717, 1.165) is 13.1 Å². The first kappa shape index (κ1) is 17.7. The van der Waals surface area contributed by atoms with Crippen molar-refractivity contribution in [2.45, 2.75) is 31.7 Å². The van der Waals surface area contributed by atoms with Crippen LogP contribution in [0.15, 0.2) is 42.6 Å². The molecule has 2 heterocycles. The number of hydrogen-bond donors (Lipinski definition) is 1. The summed E-state index contributed by atoms with van der Waals surface area (Å²) in [6.45, 7) is 2.54. The van der Waals surface area contributed by atoms with Gasteiger partial charge in [0.05, 0.1) is 11.6 Å². The summed E-state index contributed by atoms with van der Waals surface area (Å²) in [6.07, 6.45) is 6.92. The molecule has 0 radical (unpaired) electrons. The zero-order valence-corrected chi connectivity index (χ0v) is 14.7. The number of aromatic nitrogens is 1. The molecular weight excluding hydrogens is 317 g/mol. The van der Waals surface area contributed by atoms with Gasteiger partial charge in [-0.15, -0.1) is 0 Å². The number of benzene rings is 1. The highest BCUT2D eigenvalue weighted by Gasteiger charge is 2.24. The van der Waals surface area contributed by atoms with Gasteiger partial charge in [-0.25, -0.2) is 4.39 Å². The zero-order valence-electron chi connectivity index (χ0n) is 14.7. The topological polar surface area (TPSA) is 37.3 Å². The lowest BCUT2D eigenvalue weighted by Crippen LogP contribution is -2.39. The quantitative estimate of drug-likeness (QED) is 0.902. The minimum absolute atomic E-state index is 0.101. The Morgan fingerprint density at radius 1 is 1.12 bits per heavy atom. The van der Waals surface area contributed by atoms with E-state index in [1.165, 1.54) is 43.5 Å². The molecule has 0 spiro atoms. The van der Waals surface area contributed by atoms with E-state index >= 15 is 0 Å². The molecule has 1 amide bonds. The molecule has 0 saturated carbocycles. The second kappa shape index (κ2) is 8.30. The van der Waals surface area contributed by atoms with Crippen molar-refractivity contribution >= 4 is 5.91 Å². The van der Waals surface area contributed by atoms with E-state index < -0.39 is 5.82 Å². The van der Waals surface area contributed by atoms with Crippen molar-refractivity contribution in [1.29, 1.82) is 0 Å². The van der Waals surface area contributed by atoms with Gasteiger partial charge in [-0.05, 0) is 50.2 Å². The van der Waals surface area contributed by atoms with Crippen LogP contribution in [0.4, 0.5) is 4.39 Å². The van der Waals surface area contributed by atoms with Gasteiger partial charge in [-0.3, -0.25) is 9.69 Å². The van der Waals surface area contributed by atoms with E-state index in [9.17, 15) is 9.18 Å². The molecule has 2 aromatic rings. The van der Waals surface area contributed by atoms with E-state index in [1.54, 1.807) is 12.1 Å². The molecule has 1 unspecified atom stereocenters. The predicted molar refractivity (Wildman–Crippen MR) is 96.9 cm³/mol. The summed E-state index contributed by atoms with van der Waals surface area (Å²) in [5.74, 6) is -0.836. The molecule has 1 atom stereocenters. The number of halogens is 1. The summed E-state index contributed by atoms with van der Waals surface area (Å²) in [5.41, 5.74) is 1.28. The summed E-state index contributed by atoms with van der Waals surface area (Å²) < 4.78 is 15.9. The fourth-order valence-electron chi connectivity index (χ4n) is 3.58. The Kier molecular flexibility index (Phi) is 5.87. The van der Waals surface area contributed by atoms with Gasteiger partial charge in [-0.2, -0.15) is 0 Å². The van der Waals surface area contributed by atoms with Crippen LogP contribution < -0.4 is 5.32 Å². The summed E-state index contributed by atoms with van der Waals surface area (Å²) in [6, 6.07) is 10.3. The van der Waals surface area contributed by atoms with Crippen molar-refractivity contribution in [2.24, 2.45) is 7.05 Å². The maximum absolute atomic E-state index is 13.8. The molecular formula is C20H26FN3O. The third-order valence-electron chi connectivity index (χ3n) is 4.98. The summed E-state index contributed by atoms with van der Waals surface area (Å²) in [5, 5.41) is 2.94. The van der Waals surface area contributed by atoms with E-state index in [4.69, 9.17) is 0 Å². The van der Waals surface area contributed by atoms with Gasteiger partial charge >= 0.3 is 0 Å². The Labute approximate surface area is 148 Å². The van der Waals surface area contributed by atoms with E-state index in [0.29, 0.717) is 6.54 Å². The first-order chi connectivity index (χ1) is 12.2. The lowest BCUT2D eigenvalue weighted by molar-refractivity contribution is 0.0927. The molecule has 1 aromatic carbocycles. The van der Waals surface area contributed by atoms with Crippen LogP contribution in [0.25, 0.3) is 0 Å². The molecule has 1 fully saturated rings. The van der Waals surface area contributed by atoms with E-state index in [-0.39, 0.29) is 17.5 Å². The standard InChI is InChI=1S/C20H26FN3O/c1-23-12-8-11-18(23)19(24-13-6-2-3-7-14-24)15-22-20(25)16-9-4-5-10-17(16)21/h4-5,8-12,19H,2-3,6-7,13-15H2,1H3,(H,22,25). The van der Waals surface area contributed by atoms with Crippen LogP contribution in [0.5, 0.6) is 0 Å². The van der Waals surface area contributed by atoms with Crippen LogP contribution in [-0.2, 0) is 7.05 Å². The molecule has 0 aliphatic carbocycles. The highest BCUT2D eigenvalue weighted by Crippen LogP contribution is 2.24. The van der Waals surface area contributed by atoms with Crippen molar-refractivity contribution in [1.82, 2.24) is 14.8 Å². The Morgan fingerprint density at radius 3 is 2.48 bits per heavy atom. The van der Waals surface area contributed by atoms with Crippen molar-refractivity contribution in [3.05, 3.63) is 59.7 Å². The number of rotatable bonds is 5. The van der Waals surface area contributed by atoms with Crippen LogP contribution in [0.1, 0.15) is 47.8 Å². The number of hydrogen-bond acceptors (Lipinski definition) is 2. The number of aryl methyl sites for hydroxylation is 1. The minimum atomic E-state index is -0.481. The molecule has 134 valence electrons. The number of amides is 1. The summed E-state index contributed by atoms with van der Waals surface area (Å²) in [4.78, 5) is 14.8. The molecule has 1 aliphatic rings. The lowest BCUT2D eigenvalue weighted by Gasteiger charge is -2.31. The van der Waals surface area contributed by atoms with Gasteiger partial charge in [0, 0.05) is 25.5 Å². The third-order valence-corrected chi connectivity index (χ3v) is 4.98. The van der Waals surface area contributed by atoms with Gasteiger partial charge in [0.25, 0.3) is 5.91 Å². The number of carbonyl (C=O) groups excluding carboxylic acids is 1. The Bertz CT molecular complexity index is 704. The predicted octanol–water partition coefficient (Wildman–Crippen LogP) is 3.51. The second-order valence-corrected chi connectivity index (χ2v) is 6.70. The van der Waals surface area contributed by atoms with Crippen molar-refractivity contribution < 1.29 is 9.18 Å². The molecule has 1 N–H and O–H groups in total. The molecule has 4 nitrogen and oxygen atoms in total. The largest absolute Gasteiger partial charge is 0.353 e. The second-order valence-electron chi connectivity index (χ2n) is 6.70. The number of nitrogens with zero attached hydrogens (tertiary/aromatic N) is 2. The smallest absolute Gasteiger partial charge is 0.254 e. The molecule has 1 aromatic heterocycles. The van der Waals surface area contributed by atoms with Gasteiger partial charge in [0.1, 0.15) is 5.82 Å². The van der Waals surface area contributed by atoms with Gasteiger partial charge < -0.3 is 9.88 Å². The average molecular weight is 343 g/mol. The van der Waals surface area contributed by atoms with Crippen LogP contribution in [0.3, 0.4) is 0 Å². The Balaban J connectivity index is 1.75. The normalized spacial score (nSPS) is 17.0. The van der Waals surface area contributed by atoms with Gasteiger partial charge in [0.2, 0.25) is 0 Å². The van der Waals surface area contributed by atoms with Crippen LogP contribution in [-0.4, -0.2) is 35.0 Å². The highest BCUT2D eigenvalue weighted by atomic mass is 19.1. The number of carbonyl (C=O) groups is 1. The monoisotopic (exact) mass is 343 g/mol. The molecule has 25 heavy (non-hydrogen) atoms. The minimum Gasteiger partial charge on any atom is -0.353 e. The highest BCUT2D eigenvalue weighted by molar-refractivity contribution is 5.94. The first-order valence-electron chi connectivity index (χ1n) is 9.05. The van der Waals surface area contributed by atoms with Crippen LogP contribution in [0, 0.1) is 5.82 Å². The fourth-order valence-corrected chi connectivity index (χ4v) is 3.58. The fraction of sp³-hybridized carbons (Fsp3) is 0.450.